The molecule has 0 radical (unpaired) electrons. The fourth-order valence-electron chi connectivity index (χ4n) is 3.01. The van der Waals surface area contributed by atoms with Crippen LogP contribution in [0.4, 0.5) is 0 Å². The fraction of sp³-hybridized carbons (Fsp3) is 0.182. The highest BCUT2D eigenvalue weighted by atomic mass is 16.5. The number of nitrogens with zero attached hydrogens (tertiary/aromatic N) is 3. The van der Waals surface area contributed by atoms with Crippen molar-refractivity contribution in [1.82, 2.24) is 15.0 Å². The maximum atomic E-state index is 12.3. The van der Waals surface area contributed by atoms with Crippen molar-refractivity contribution in [2.24, 2.45) is 0 Å². The molecule has 0 fully saturated rings. The van der Waals surface area contributed by atoms with Crippen molar-refractivity contribution in [2.45, 2.75) is 20.1 Å². The maximum Gasteiger partial charge on any atom is 0.341 e. The molecule has 0 unspecified atom stereocenters. The molecule has 0 aliphatic heterocycles. The molecule has 2 heterocycles. The number of carbonyl (C=O) groups excluding carboxylic acids is 2. The summed E-state index contributed by atoms with van der Waals surface area (Å²) in [6.07, 6.45) is 1.36. The Balaban J connectivity index is 1.39. The summed E-state index contributed by atoms with van der Waals surface area (Å²) in [4.78, 5) is 24.2. The molecule has 8 heteroatoms. The molecule has 4 aromatic rings. The predicted octanol–water partition coefficient (Wildman–Crippen LogP) is 3.61. The second-order valence-corrected chi connectivity index (χ2v) is 6.49. The van der Waals surface area contributed by atoms with Gasteiger partial charge in [0.1, 0.15) is 11.1 Å². The minimum absolute atomic E-state index is 0.160. The van der Waals surface area contributed by atoms with Gasteiger partial charge in [-0.3, -0.25) is 0 Å². The molecule has 152 valence electrons. The first-order chi connectivity index (χ1) is 14.7. The van der Waals surface area contributed by atoms with Crippen LogP contribution >= 0.6 is 0 Å². The molecule has 0 aliphatic carbocycles. The molecule has 30 heavy (non-hydrogen) atoms. The minimum Gasteiger partial charge on any atom is -0.465 e. The Morgan fingerprint density at radius 1 is 1.00 bits per heavy atom. The second-order valence-electron chi connectivity index (χ2n) is 6.49. The van der Waals surface area contributed by atoms with E-state index in [9.17, 15) is 9.59 Å². The smallest absolute Gasteiger partial charge is 0.341 e. The van der Waals surface area contributed by atoms with Crippen molar-refractivity contribution < 1.29 is 23.5 Å². The van der Waals surface area contributed by atoms with Gasteiger partial charge in [-0.15, -0.1) is 5.10 Å². The van der Waals surface area contributed by atoms with Gasteiger partial charge in [0.05, 0.1) is 30.5 Å². The standard InChI is InChI=1S/C22H19N3O5/c1-2-28-22(27)17-11-12-29-20(17)14-30-21(26)16-9-7-15(8-10-16)13-25-19-6-4-3-5-18(19)23-24-25/h3-12H,2,13-14H2,1H3. The molecule has 0 bridgehead atoms. The molecular weight excluding hydrogens is 386 g/mol. The van der Waals surface area contributed by atoms with Crippen LogP contribution in [0.1, 0.15) is 39.0 Å². The number of esters is 2. The Hall–Kier alpha value is -3.94. The first-order valence-corrected chi connectivity index (χ1v) is 9.43. The van der Waals surface area contributed by atoms with E-state index in [1.165, 1.54) is 12.3 Å². The monoisotopic (exact) mass is 405 g/mol. The van der Waals surface area contributed by atoms with Gasteiger partial charge in [-0.05, 0) is 42.8 Å². The highest BCUT2D eigenvalue weighted by Crippen LogP contribution is 2.16. The van der Waals surface area contributed by atoms with Crippen LogP contribution in [0.2, 0.25) is 0 Å². The van der Waals surface area contributed by atoms with Crippen LogP contribution in [-0.4, -0.2) is 33.5 Å². The summed E-state index contributed by atoms with van der Waals surface area (Å²) in [5, 5.41) is 8.31. The van der Waals surface area contributed by atoms with E-state index in [1.54, 1.807) is 23.7 Å². The van der Waals surface area contributed by atoms with E-state index in [4.69, 9.17) is 13.9 Å². The number of rotatable bonds is 7. The summed E-state index contributed by atoms with van der Waals surface area (Å²) in [5.41, 5.74) is 3.39. The molecule has 2 aromatic heterocycles. The molecule has 0 atom stereocenters. The molecule has 0 saturated heterocycles. The van der Waals surface area contributed by atoms with E-state index in [0.717, 1.165) is 16.6 Å². The molecule has 0 saturated carbocycles. The Kier molecular flexibility index (Phi) is 5.56. The van der Waals surface area contributed by atoms with Gasteiger partial charge < -0.3 is 13.9 Å². The Morgan fingerprint density at radius 3 is 2.60 bits per heavy atom. The third kappa shape index (κ3) is 4.07. The molecule has 2 aromatic carbocycles. The number of hydrogen-bond donors (Lipinski definition) is 0. The molecule has 0 aliphatic rings. The molecule has 0 spiro atoms. The maximum absolute atomic E-state index is 12.3. The predicted molar refractivity (Wildman–Crippen MR) is 107 cm³/mol. The van der Waals surface area contributed by atoms with Gasteiger partial charge in [-0.1, -0.05) is 29.5 Å². The van der Waals surface area contributed by atoms with Crippen LogP contribution in [0.15, 0.2) is 65.3 Å². The number of aromatic nitrogens is 3. The topological polar surface area (TPSA) is 96.5 Å². The lowest BCUT2D eigenvalue weighted by molar-refractivity contribution is 0.0423. The van der Waals surface area contributed by atoms with Gasteiger partial charge in [-0.25, -0.2) is 14.3 Å². The lowest BCUT2D eigenvalue weighted by atomic mass is 10.1. The SMILES string of the molecule is CCOC(=O)c1ccoc1COC(=O)c1ccc(Cn2nnc3ccccc32)cc1. The Labute approximate surface area is 172 Å². The molecule has 8 nitrogen and oxygen atoms in total. The van der Waals surface area contributed by atoms with Gasteiger partial charge >= 0.3 is 11.9 Å². The number of fused-ring (bicyclic) bond motifs is 1. The number of hydrogen-bond acceptors (Lipinski definition) is 7. The minimum atomic E-state index is -0.515. The van der Waals surface area contributed by atoms with Crippen LogP contribution in [-0.2, 0) is 22.6 Å². The normalized spacial score (nSPS) is 10.8. The first-order valence-electron chi connectivity index (χ1n) is 9.43. The third-order valence-electron chi connectivity index (χ3n) is 4.52. The summed E-state index contributed by atoms with van der Waals surface area (Å²) < 4.78 is 17.3. The van der Waals surface area contributed by atoms with E-state index in [1.807, 2.05) is 36.4 Å². The van der Waals surface area contributed by atoms with Crippen LogP contribution in [0.5, 0.6) is 0 Å². The number of para-hydroxylation sites is 1. The van der Waals surface area contributed by atoms with E-state index in [0.29, 0.717) is 12.1 Å². The van der Waals surface area contributed by atoms with Gasteiger partial charge in [0.25, 0.3) is 0 Å². The summed E-state index contributed by atoms with van der Waals surface area (Å²) in [7, 11) is 0. The van der Waals surface area contributed by atoms with Gasteiger partial charge in [-0.2, -0.15) is 0 Å². The summed E-state index contributed by atoms with van der Waals surface area (Å²) >= 11 is 0. The van der Waals surface area contributed by atoms with Crippen molar-refractivity contribution in [3.8, 4) is 0 Å². The van der Waals surface area contributed by atoms with Crippen LogP contribution < -0.4 is 0 Å². The molecule has 0 N–H and O–H groups in total. The highest BCUT2D eigenvalue weighted by molar-refractivity contribution is 5.91. The summed E-state index contributed by atoms with van der Waals surface area (Å²) in [6, 6.07) is 16.3. The second kappa shape index (κ2) is 8.60. The van der Waals surface area contributed by atoms with E-state index < -0.39 is 11.9 Å². The average molecular weight is 405 g/mol. The molecule has 4 rings (SSSR count). The average Bonchev–Trinajstić information content (AvgIpc) is 3.40. The number of ether oxygens (including phenoxy) is 2. The van der Waals surface area contributed by atoms with Crippen molar-refractivity contribution in [2.75, 3.05) is 6.61 Å². The van der Waals surface area contributed by atoms with E-state index in [2.05, 4.69) is 10.3 Å². The highest BCUT2D eigenvalue weighted by Gasteiger charge is 2.18. The van der Waals surface area contributed by atoms with Crippen molar-refractivity contribution in [1.29, 1.82) is 0 Å². The van der Waals surface area contributed by atoms with Gasteiger partial charge in [0.2, 0.25) is 0 Å². The zero-order valence-electron chi connectivity index (χ0n) is 16.3. The lowest BCUT2D eigenvalue weighted by Crippen LogP contribution is -2.10. The van der Waals surface area contributed by atoms with Gasteiger partial charge in [0.15, 0.2) is 12.4 Å². The summed E-state index contributed by atoms with van der Waals surface area (Å²) in [6.45, 7) is 2.34. The largest absolute Gasteiger partial charge is 0.465 e. The van der Waals surface area contributed by atoms with Crippen LogP contribution in [0.3, 0.4) is 0 Å². The van der Waals surface area contributed by atoms with Gasteiger partial charge in [0, 0.05) is 0 Å². The fourth-order valence-corrected chi connectivity index (χ4v) is 3.01. The first kappa shape index (κ1) is 19.4. The van der Waals surface area contributed by atoms with Crippen molar-refractivity contribution in [3.63, 3.8) is 0 Å². The van der Waals surface area contributed by atoms with E-state index >= 15 is 0 Å². The third-order valence-corrected chi connectivity index (χ3v) is 4.52. The van der Waals surface area contributed by atoms with Crippen LogP contribution in [0.25, 0.3) is 11.0 Å². The number of carbonyl (C=O) groups is 2. The Morgan fingerprint density at radius 2 is 1.80 bits per heavy atom. The Bertz CT molecular complexity index is 1180. The molecular formula is C22H19N3O5. The summed E-state index contributed by atoms with van der Waals surface area (Å²) in [5.74, 6) is -0.780. The number of benzene rings is 2. The lowest BCUT2D eigenvalue weighted by Gasteiger charge is -2.07. The zero-order valence-corrected chi connectivity index (χ0v) is 16.3. The van der Waals surface area contributed by atoms with Crippen LogP contribution in [0, 0.1) is 0 Å². The quantitative estimate of drug-likeness (QED) is 0.433. The number of furan rings is 1. The van der Waals surface area contributed by atoms with Crippen molar-refractivity contribution in [3.05, 3.63) is 83.3 Å². The molecule has 0 amide bonds. The zero-order chi connectivity index (χ0) is 20.9. The van der Waals surface area contributed by atoms with Crippen molar-refractivity contribution >= 4 is 23.0 Å². The van der Waals surface area contributed by atoms with E-state index in [-0.39, 0.29) is 24.5 Å².